The van der Waals surface area contributed by atoms with E-state index >= 15 is 0 Å². The normalized spacial score (nSPS) is 20.6. The van der Waals surface area contributed by atoms with Crippen LogP contribution in [-0.2, 0) is 34.5 Å². The lowest BCUT2D eigenvalue weighted by Gasteiger charge is -2.25. The number of carbonyl (C=O) groups is 1. The second-order valence-corrected chi connectivity index (χ2v) is 15.9. The number of allylic oxidation sites excluding steroid dienone is 2. The Morgan fingerprint density at radius 1 is 0.725 bits per heavy atom. The molecule has 11 heteroatoms. The Kier molecular flexibility index (Phi) is 7.20. The number of sulfone groups is 2. The standard InChI is InChI=1S/C29H27NO7S3/c1-20-13-15-24(16-14-20)40(36,37)30-18-27(38(32,33)22-9-5-3-6-10-22)25-17-26(31)21(2)29(25)28(19-30)39(34,35)23-11-7-4-8-12-23/h3-17,21,27H,18-19H2,1-2H3/t21?,27-/m0/s1. The first-order valence-corrected chi connectivity index (χ1v) is 17.0. The first-order chi connectivity index (χ1) is 18.8. The molecule has 1 unspecified atom stereocenters. The van der Waals surface area contributed by atoms with Gasteiger partial charge < -0.3 is 0 Å². The molecule has 5 rings (SSSR count). The molecule has 208 valence electrons. The monoisotopic (exact) mass is 597 g/mol. The van der Waals surface area contributed by atoms with Crippen molar-refractivity contribution in [1.29, 1.82) is 0 Å². The average molecular weight is 598 g/mol. The predicted molar refractivity (Wildman–Crippen MR) is 150 cm³/mol. The topological polar surface area (TPSA) is 123 Å². The van der Waals surface area contributed by atoms with Crippen LogP contribution in [-0.4, -0.2) is 53.7 Å². The number of benzene rings is 3. The maximum absolute atomic E-state index is 14.0. The molecule has 0 spiro atoms. The van der Waals surface area contributed by atoms with Crippen LogP contribution in [0.3, 0.4) is 0 Å². The molecule has 0 radical (unpaired) electrons. The molecule has 1 heterocycles. The summed E-state index contributed by atoms with van der Waals surface area (Å²) in [7, 11) is -12.9. The number of sulfonamides is 1. The Balaban J connectivity index is 1.79. The Morgan fingerprint density at radius 2 is 1.27 bits per heavy atom. The number of rotatable bonds is 6. The molecule has 3 aromatic carbocycles. The van der Waals surface area contributed by atoms with E-state index in [1.807, 2.05) is 0 Å². The van der Waals surface area contributed by atoms with Crippen molar-refractivity contribution in [2.75, 3.05) is 13.1 Å². The molecule has 2 aliphatic rings. The van der Waals surface area contributed by atoms with E-state index in [4.69, 9.17) is 0 Å². The van der Waals surface area contributed by atoms with Gasteiger partial charge in [-0.05, 0) is 60.5 Å². The molecule has 3 aromatic rings. The van der Waals surface area contributed by atoms with Crippen LogP contribution in [0.2, 0.25) is 0 Å². The zero-order valence-corrected chi connectivity index (χ0v) is 24.2. The van der Waals surface area contributed by atoms with Crippen LogP contribution >= 0.6 is 0 Å². The average Bonchev–Trinajstić information content (AvgIpc) is 3.11. The molecule has 2 atom stereocenters. The summed E-state index contributed by atoms with van der Waals surface area (Å²) in [6.45, 7) is 2.11. The second-order valence-electron chi connectivity index (χ2n) is 9.83. The van der Waals surface area contributed by atoms with Crippen molar-refractivity contribution in [3.63, 3.8) is 0 Å². The van der Waals surface area contributed by atoms with Gasteiger partial charge in [-0.1, -0.05) is 61.0 Å². The number of hydrogen-bond donors (Lipinski definition) is 0. The van der Waals surface area contributed by atoms with Gasteiger partial charge in [0.2, 0.25) is 19.9 Å². The van der Waals surface area contributed by atoms with Crippen molar-refractivity contribution in [2.45, 2.75) is 33.8 Å². The van der Waals surface area contributed by atoms with Crippen molar-refractivity contribution in [3.05, 3.63) is 113 Å². The van der Waals surface area contributed by atoms with Crippen molar-refractivity contribution >= 4 is 35.5 Å². The molecule has 0 amide bonds. The molecule has 40 heavy (non-hydrogen) atoms. The third kappa shape index (κ3) is 4.77. The summed E-state index contributed by atoms with van der Waals surface area (Å²) in [6.07, 6.45) is 1.16. The van der Waals surface area contributed by atoms with Crippen LogP contribution in [0, 0.1) is 12.8 Å². The largest absolute Gasteiger partial charge is 0.294 e. The summed E-state index contributed by atoms with van der Waals surface area (Å²) >= 11 is 0. The van der Waals surface area contributed by atoms with Gasteiger partial charge in [-0.15, -0.1) is 0 Å². The van der Waals surface area contributed by atoms with E-state index in [0.29, 0.717) is 0 Å². The molecule has 0 saturated heterocycles. The lowest BCUT2D eigenvalue weighted by molar-refractivity contribution is -0.116. The van der Waals surface area contributed by atoms with Crippen LogP contribution in [0.5, 0.6) is 0 Å². The summed E-state index contributed by atoms with van der Waals surface area (Å²) < 4.78 is 85.0. The van der Waals surface area contributed by atoms with Crippen molar-refractivity contribution < 1.29 is 30.0 Å². The minimum atomic E-state index is -4.36. The van der Waals surface area contributed by atoms with E-state index < -0.39 is 59.7 Å². The molecular weight excluding hydrogens is 571 g/mol. The second kappa shape index (κ2) is 10.2. The number of fused-ring (bicyclic) bond motifs is 1. The number of ketones is 1. The molecular formula is C29H27NO7S3. The van der Waals surface area contributed by atoms with E-state index in [9.17, 15) is 30.0 Å². The highest BCUT2D eigenvalue weighted by atomic mass is 32.2. The lowest BCUT2D eigenvalue weighted by Crippen LogP contribution is -2.41. The Hall–Kier alpha value is -3.38. The van der Waals surface area contributed by atoms with Crippen LogP contribution in [0.4, 0.5) is 0 Å². The predicted octanol–water partition coefficient (Wildman–Crippen LogP) is 3.72. The fraction of sp³-hybridized carbons (Fsp3) is 0.207. The Morgan fingerprint density at radius 3 is 1.85 bits per heavy atom. The van der Waals surface area contributed by atoms with Gasteiger partial charge in [0.25, 0.3) is 0 Å². The first-order valence-electron chi connectivity index (χ1n) is 12.5. The number of hydrogen-bond acceptors (Lipinski definition) is 7. The zero-order valence-electron chi connectivity index (χ0n) is 21.8. The quantitative estimate of drug-likeness (QED) is 0.425. The zero-order chi connectivity index (χ0) is 28.9. The van der Waals surface area contributed by atoms with Crippen molar-refractivity contribution in [3.8, 4) is 0 Å². The highest BCUT2D eigenvalue weighted by molar-refractivity contribution is 7.95. The van der Waals surface area contributed by atoms with Gasteiger partial charge in [-0.25, -0.2) is 25.3 Å². The molecule has 0 aromatic heterocycles. The summed E-state index contributed by atoms with van der Waals surface area (Å²) in [6, 6.07) is 21.1. The summed E-state index contributed by atoms with van der Waals surface area (Å²) in [5.74, 6) is -1.41. The summed E-state index contributed by atoms with van der Waals surface area (Å²) in [5.41, 5.74) is 0.873. The van der Waals surface area contributed by atoms with Crippen molar-refractivity contribution in [1.82, 2.24) is 4.31 Å². The smallest absolute Gasteiger partial charge is 0.243 e. The van der Waals surface area contributed by atoms with Crippen LogP contribution in [0.25, 0.3) is 0 Å². The number of aryl methyl sites for hydroxylation is 1. The fourth-order valence-corrected chi connectivity index (χ4v) is 10.1. The minimum Gasteiger partial charge on any atom is -0.294 e. The third-order valence-electron chi connectivity index (χ3n) is 7.29. The van der Waals surface area contributed by atoms with Crippen molar-refractivity contribution in [2.24, 2.45) is 5.92 Å². The van der Waals surface area contributed by atoms with E-state index in [2.05, 4.69) is 0 Å². The molecule has 0 N–H and O–H groups in total. The van der Waals surface area contributed by atoms with E-state index in [1.165, 1.54) is 55.5 Å². The van der Waals surface area contributed by atoms with Crippen LogP contribution in [0.15, 0.2) is 122 Å². The van der Waals surface area contributed by atoms with E-state index in [0.717, 1.165) is 15.9 Å². The maximum atomic E-state index is 14.0. The van der Waals surface area contributed by atoms with Crippen LogP contribution < -0.4 is 0 Å². The number of nitrogens with zero attached hydrogens (tertiary/aromatic N) is 1. The Labute approximate surface area is 234 Å². The molecule has 0 bridgehead atoms. The van der Waals surface area contributed by atoms with E-state index in [-0.39, 0.29) is 30.7 Å². The highest BCUT2D eigenvalue weighted by Crippen LogP contribution is 2.43. The molecule has 8 nitrogen and oxygen atoms in total. The van der Waals surface area contributed by atoms with Gasteiger partial charge in [-0.3, -0.25) is 4.79 Å². The van der Waals surface area contributed by atoms with E-state index in [1.54, 1.807) is 43.3 Å². The fourth-order valence-electron chi connectivity index (χ4n) is 5.06. The van der Waals surface area contributed by atoms with Gasteiger partial charge in [0.1, 0.15) is 5.25 Å². The molecule has 1 aliphatic heterocycles. The molecule has 0 saturated carbocycles. The first kappa shape index (κ1) is 28.2. The molecule has 1 aliphatic carbocycles. The van der Waals surface area contributed by atoms with Gasteiger partial charge in [0, 0.05) is 12.5 Å². The van der Waals surface area contributed by atoms with Gasteiger partial charge in [0.15, 0.2) is 15.6 Å². The maximum Gasteiger partial charge on any atom is 0.243 e. The minimum absolute atomic E-state index is 0.0115. The van der Waals surface area contributed by atoms with Crippen LogP contribution in [0.1, 0.15) is 12.5 Å². The highest BCUT2D eigenvalue weighted by Gasteiger charge is 2.47. The lowest BCUT2D eigenvalue weighted by atomic mass is 9.98. The van der Waals surface area contributed by atoms with Gasteiger partial charge >= 0.3 is 0 Å². The molecule has 0 fully saturated rings. The summed E-state index contributed by atoms with van der Waals surface area (Å²) in [4.78, 5) is 12.4. The number of carbonyl (C=O) groups excluding carboxylic acids is 1. The summed E-state index contributed by atoms with van der Waals surface area (Å²) in [5, 5.41) is -1.51. The van der Waals surface area contributed by atoms with Gasteiger partial charge in [-0.2, -0.15) is 4.31 Å². The van der Waals surface area contributed by atoms with Gasteiger partial charge in [0.05, 0.1) is 26.1 Å². The third-order valence-corrected chi connectivity index (χ3v) is 13.1. The SMILES string of the molecule is Cc1ccc(S(=O)(=O)N2CC(S(=O)(=O)c3ccccc3)=C3C(=CC(=O)C3C)[C@@H](S(=O)(=O)c3ccccc3)C2)cc1. The Bertz CT molecular complexity index is 1860.